The van der Waals surface area contributed by atoms with E-state index in [9.17, 15) is 9.59 Å². The molecule has 1 aliphatic rings. The first-order valence-corrected chi connectivity index (χ1v) is 8.07. The number of benzene rings is 1. The molecule has 2 amide bonds. The summed E-state index contributed by atoms with van der Waals surface area (Å²) in [6.45, 7) is 4.70. The Labute approximate surface area is 141 Å². The van der Waals surface area contributed by atoms with Crippen molar-refractivity contribution in [3.8, 4) is 6.07 Å². The van der Waals surface area contributed by atoms with Crippen molar-refractivity contribution in [3.05, 3.63) is 29.8 Å². The van der Waals surface area contributed by atoms with E-state index in [1.54, 1.807) is 34.9 Å². The number of piperazine rings is 1. The summed E-state index contributed by atoms with van der Waals surface area (Å²) in [5.74, 6) is 0.0578. The van der Waals surface area contributed by atoms with Gasteiger partial charge in [0.1, 0.15) is 0 Å². The molecule has 0 unspecified atom stereocenters. The molecule has 0 aromatic heterocycles. The Morgan fingerprint density at radius 3 is 2.62 bits per heavy atom. The van der Waals surface area contributed by atoms with Crippen molar-refractivity contribution in [2.75, 3.05) is 44.6 Å². The molecule has 0 atom stereocenters. The van der Waals surface area contributed by atoms with Crippen LogP contribution in [0.3, 0.4) is 0 Å². The highest BCUT2D eigenvalue weighted by Crippen LogP contribution is 2.10. The van der Waals surface area contributed by atoms with E-state index in [2.05, 4.69) is 11.4 Å². The van der Waals surface area contributed by atoms with E-state index in [0.29, 0.717) is 51.3 Å². The van der Waals surface area contributed by atoms with Gasteiger partial charge in [-0.1, -0.05) is 6.07 Å². The first-order valence-electron chi connectivity index (χ1n) is 8.07. The van der Waals surface area contributed by atoms with Crippen LogP contribution in [0.15, 0.2) is 24.3 Å². The number of amides is 2. The zero-order chi connectivity index (χ0) is 17.4. The van der Waals surface area contributed by atoms with Crippen molar-refractivity contribution in [3.63, 3.8) is 0 Å². The Kier molecular flexibility index (Phi) is 6.43. The number of hydrogen-bond acceptors (Lipinski definition) is 5. The van der Waals surface area contributed by atoms with E-state index in [0.717, 1.165) is 5.69 Å². The van der Waals surface area contributed by atoms with E-state index >= 15 is 0 Å². The number of nitrogens with zero attached hydrogens (tertiary/aromatic N) is 3. The number of rotatable bonds is 5. The highest BCUT2D eigenvalue weighted by Gasteiger charge is 2.24. The summed E-state index contributed by atoms with van der Waals surface area (Å²) in [6, 6.07) is 9.24. The summed E-state index contributed by atoms with van der Waals surface area (Å²) in [6.07, 6.45) is 0.0551. The van der Waals surface area contributed by atoms with Gasteiger partial charge in [-0.05, 0) is 25.1 Å². The Bertz CT molecular complexity index is 619. The maximum atomic E-state index is 12.2. The van der Waals surface area contributed by atoms with Crippen molar-refractivity contribution in [1.82, 2.24) is 9.80 Å². The maximum Gasteiger partial charge on any atom is 0.409 e. The quantitative estimate of drug-likeness (QED) is 0.887. The predicted octanol–water partition coefficient (Wildman–Crippen LogP) is 1.66. The largest absolute Gasteiger partial charge is 0.450 e. The molecular weight excluding hydrogens is 308 g/mol. The van der Waals surface area contributed by atoms with Crippen LogP contribution in [0.25, 0.3) is 0 Å². The van der Waals surface area contributed by atoms with Gasteiger partial charge in [0.05, 0.1) is 18.2 Å². The Balaban J connectivity index is 1.72. The standard InChI is InChI=1S/C17H22N4O3/c1-2-24-17(23)21-10-8-20(9-11-21)16(22)6-7-19-15-5-3-4-14(12-15)13-18/h3-5,12,19H,2,6-11H2,1H3. The lowest BCUT2D eigenvalue weighted by molar-refractivity contribution is -0.132. The van der Waals surface area contributed by atoms with Crippen LogP contribution in [0.5, 0.6) is 0 Å². The minimum Gasteiger partial charge on any atom is -0.450 e. The minimum absolute atomic E-state index is 0.0578. The molecule has 7 nitrogen and oxygen atoms in total. The van der Waals surface area contributed by atoms with E-state index in [1.807, 2.05) is 6.07 Å². The van der Waals surface area contributed by atoms with Crippen molar-refractivity contribution in [2.24, 2.45) is 0 Å². The maximum absolute atomic E-state index is 12.2. The molecule has 1 N–H and O–H groups in total. The third kappa shape index (κ3) is 4.88. The molecule has 128 valence electrons. The zero-order valence-corrected chi connectivity index (χ0v) is 13.8. The molecule has 2 rings (SSSR count). The van der Waals surface area contributed by atoms with Crippen molar-refractivity contribution in [1.29, 1.82) is 5.26 Å². The predicted molar refractivity (Wildman–Crippen MR) is 89.4 cm³/mol. The molecule has 0 bridgehead atoms. The molecule has 7 heteroatoms. The Morgan fingerprint density at radius 1 is 1.25 bits per heavy atom. The number of nitrogens with one attached hydrogen (secondary N) is 1. The van der Waals surface area contributed by atoms with E-state index in [-0.39, 0.29) is 12.0 Å². The summed E-state index contributed by atoms with van der Waals surface area (Å²) < 4.78 is 4.96. The highest BCUT2D eigenvalue weighted by molar-refractivity contribution is 5.77. The van der Waals surface area contributed by atoms with Gasteiger partial charge in [0.2, 0.25) is 5.91 Å². The number of nitriles is 1. The fraction of sp³-hybridized carbons (Fsp3) is 0.471. The molecule has 1 aromatic carbocycles. The van der Waals surface area contributed by atoms with Crippen LogP contribution in [0.1, 0.15) is 18.9 Å². The van der Waals surface area contributed by atoms with Crippen LogP contribution < -0.4 is 5.32 Å². The third-order valence-corrected chi connectivity index (χ3v) is 3.82. The summed E-state index contributed by atoms with van der Waals surface area (Å²) in [4.78, 5) is 27.2. The highest BCUT2D eigenvalue weighted by atomic mass is 16.6. The van der Waals surface area contributed by atoms with Crippen LogP contribution >= 0.6 is 0 Å². The van der Waals surface area contributed by atoms with Crippen LogP contribution in [-0.4, -0.2) is 61.1 Å². The van der Waals surface area contributed by atoms with Gasteiger partial charge in [-0.3, -0.25) is 4.79 Å². The van der Waals surface area contributed by atoms with Gasteiger partial charge >= 0.3 is 6.09 Å². The van der Waals surface area contributed by atoms with Gasteiger partial charge in [0, 0.05) is 44.8 Å². The fourth-order valence-electron chi connectivity index (χ4n) is 2.52. The minimum atomic E-state index is -0.316. The fourth-order valence-corrected chi connectivity index (χ4v) is 2.52. The average Bonchev–Trinajstić information content (AvgIpc) is 2.62. The normalized spacial score (nSPS) is 14.0. The SMILES string of the molecule is CCOC(=O)N1CCN(C(=O)CCNc2cccc(C#N)c2)CC1. The monoisotopic (exact) mass is 330 g/mol. The van der Waals surface area contributed by atoms with Gasteiger partial charge in [0.15, 0.2) is 0 Å². The summed E-state index contributed by atoms with van der Waals surface area (Å²) in [5, 5.41) is 12.0. The summed E-state index contributed by atoms with van der Waals surface area (Å²) >= 11 is 0. The topological polar surface area (TPSA) is 85.7 Å². The molecule has 1 saturated heterocycles. The molecule has 0 spiro atoms. The van der Waals surface area contributed by atoms with E-state index in [4.69, 9.17) is 10.00 Å². The smallest absolute Gasteiger partial charge is 0.409 e. The molecule has 0 aliphatic carbocycles. The number of carbonyl (C=O) groups is 2. The Hall–Kier alpha value is -2.75. The number of ether oxygens (including phenoxy) is 1. The molecular formula is C17H22N4O3. The first-order chi connectivity index (χ1) is 11.6. The summed E-state index contributed by atoms with van der Waals surface area (Å²) in [5.41, 5.74) is 1.41. The second-order valence-corrected chi connectivity index (χ2v) is 5.44. The lowest BCUT2D eigenvalue weighted by Crippen LogP contribution is -2.50. The first kappa shape index (κ1) is 17.6. The second kappa shape index (κ2) is 8.77. The van der Waals surface area contributed by atoms with Crippen LogP contribution in [0, 0.1) is 11.3 Å². The molecule has 1 fully saturated rings. The van der Waals surface area contributed by atoms with Crippen molar-refractivity contribution in [2.45, 2.75) is 13.3 Å². The second-order valence-electron chi connectivity index (χ2n) is 5.44. The van der Waals surface area contributed by atoms with Gasteiger partial charge in [-0.2, -0.15) is 5.26 Å². The number of hydrogen-bond donors (Lipinski definition) is 1. The van der Waals surface area contributed by atoms with Gasteiger partial charge in [-0.15, -0.1) is 0 Å². The average molecular weight is 330 g/mol. The van der Waals surface area contributed by atoms with Gasteiger partial charge in [-0.25, -0.2) is 4.79 Å². The number of anilines is 1. The molecule has 24 heavy (non-hydrogen) atoms. The third-order valence-electron chi connectivity index (χ3n) is 3.82. The molecule has 0 saturated carbocycles. The van der Waals surface area contributed by atoms with Crippen LogP contribution in [-0.2, 0) is 9.53 Å². The van der Waals surface area contributed by atoms with Gasteiger partial charge < -0.3 is 19.9 Å². The number of carbonyl (C=O) groups excluding carboxylic acids is 2. The van der Waals surface area contributed by atoms with E-state index in [1.165, 1.54) is 0 Å². The molecule has 1 aromatic rings. The van der Waals surface area contributed by atoms with Crippen LogP contribution in [0.4, 0.5) is 10.5 Å². The lowest BCUT2D eigenvalue weighted by Gasteiger charge is -2.34. The van der Waals surface area contributed by atoms with Crippen molar-refractivity contribution >= 4 is 17.7 Å². The molecule has 1 aliphatic heterocycles. The molecule has 0 radical (unpaired) electrons. The Morgan fingerprint density at radius 2 is 1.96 bits per heavy atom. The van der Waals surface area contributed by atoms with Crippen molar-refractivity contribution < 1.29 is 14.3 Å². The zero-order valence-electron chi connectivity index (χ0n) is 13.8. The van der Waals surface area contributed by atoms with Gasteiger partial charge in [0.25, 0.3) is 0 Å². The van der Waals surface area contributed by atoms with Crippen LogP contribution in [0.2, 0.25) is 0 Å². The van der Waals surface area contributed by atoms with E-state index < -0.39 is 0 Å². The molecule has 1 heterocycles. The lowest BCUT2D eigenvalue weighted by atomic mass is 10.2. The summed E-state index contributed by atoms with van der Waals surface area (Å²) in [7, 11) is 0.